The van der Waals surface area contributed by atoms with E-state index in [9.17, 15) is 5.11 Å². The summed E-state index contributed by atoms with van der Waals surface area (Å²) in [6, 6.07) is 15.6. The Morgan fingerprint density at radius 2 is 1.79 bits per heavy atom. The van der Waals surface area contributed by atoms with Crippen molar-refractivity contribution < 1.29 is 5.11 Å². The SMILES string of the molecule is CN(C)c1cc(CC(=S)c2ccccc2)ccc1O. The van der Waals surface area contributed by atoms with Gasteiger partial charge in [-0.1, -0.05) is 48.6 Å². The number of phenols is 1. The van der Waals surface area contributed by atoms with Gasteiger partial charge in [0.15, 0.2) is 0 Å². The molecule has 0 saturated carbocycles. The van der Waals surface area contributed by atoms with Crippen LogP contribution in [0.15, 0.2) is 48.5 Å². The van der Waals surface area contributed by atoms with E-state index in [0.717, 1.165) is 21.7 Å². The molecule has 0 heterocycles. The molecule has 0 atom stereocenters. The van der Waals surface area contributed by atoms with E-state index in [1.165, 1.54) is 0 Å². The molecule has 19 heavy (non-hydrogen) atoms. The predicted molar refractivity (Wildman–Crippen MR) is 84.3 cm³/mol. The highest BCUT2D eigenvalue weighted by molar-refractivity contribution is 7.80. The quantitative estimate of drug-likeness (QED) is 0.681. The molecule has 2 aromatic rings. The molecule has 0 fully saturated rings. The molecule has 0 saturated heterocycles. The normalized spacial score (nSPS) is 10.2. The van der Waals surface area contributed by atoms with Crippen LogP contribution in [0.2, 0.25) is 0 Å². The molecular weight excluding hydrogens is 254 g/mol. The molecule has 0 unspecified atom stereocenters. The van der Waals surface area contributed by atoms with Gasteiger partial charge in [-0.3, -0.25) is 0 Å². The molecule has 2 rings (SSSR count). The number of aromatic hydroxyl groups is 1. The van der Waals surface area contributed by atoms with Crippen LogP contribution >= 0.6 is 12.2 Å². The third-order valence-corrected chi connectivity index (χ3v) is 3.36. The molecule has 3 heteroatoms. The summed E-state index contributed by atoms with van der Waals surface area (Å²) in [4.78, 5) is 2.81. The van der Waals surface area contributed by atoms with Crippen LogP contribution in [0, 0.1) is 0 Å². The molecule has 0 amide bonds. The van der Waals surface area contributed by atoms with Crippen LogP contribution in [0.3, 0.4) is 0 Å². The van der Waals surface area contributed by atoms with Gasteiger partial charge in [-0.15, -0.1) is 0 Å². The smallest absolute Gasteiger partial charge is 0.138 e. The number of phenolic OH excluding ortho intramolecular Hbond substituents is 1. The van der Waals surface area contributed by atoms with E-state index < -0.39 is 0 Å². The van der Waals surface area contributed by atoms with Crippen LogP contribution in [-0.4, -0.2) is 24.1 Å². The summed E-state index contributed by atoms with van der Waals surface area (Å²) in [5.74, 6) is 0.291. The molecule has 2 aromatic carbocycles. The summed E-state index contributed by atoms with van der Waals surface area (Å²) >= 11 is 5.47. The van der Waals surface area contributed by atoms with Crippen LogP contribution in [0.5, 0.6) is 5.75 Å². The van der Waals surface area contributed by atoms with E-state index >= 15 is 0 Å². The summed E-state index contributed by atoms with van der Waals surface area (Å²) in [6.07, 6.45) is 0.709. The molecule has 0 aliphatic heterocycles. The van der Waals surface area contributed by atoms with Crippen molar-refractivity contribution in [3.63, 3.8) is 0 Å². The van der Waals surface area contributed by atoms with E-state index in [1.54, 1.807) is 6.07 Å². The highest BCUT2D eigenvalue weighted by Gasteiger charge is 2.07. The maximum Gasteiger partial charge on any atom is 0.138 e. The molecule has 98 valence electrons. The van der Waals surface area contributed by atoms with Gasteiger partial charge in [-0.05, 0) is 23.3 Å². The van der Waals surface area contributed by atoms with E-state index in [1.807, 2.05) is 61.5 Å². The van der Waals surface area contributed by atoms with Gasteiger partial charge in [0.25, 0.3) is 0 Å². The van der Waals surface area contributed by atoms with Crippen molar-refractivity contribution in [3.05, 3.63) is 59.7 Å². The summed E-state index contributed by atoms with van der Waals surface area (Å²) in [5, 5.41) is 9.78. The Balaban J connectivity index is 2.20. The minimum absolute atomic E-state index is 0.291. The molecule has 0 aliphatic rings. The average Bonchev–Trinajstić information content (AvgIpc) is 2.41. The largest absolute Gasteiger partial charge is 0.506 e. The van der Waals surface area contributed by atoms with E-state index in [0.29, 0.717) is 12.2 Å². The minimum Gasteiger partial charge on any atom is -0.506 e. The summed E-state index contributed by atoms with van der Waals surface area (Å²) < 4.78 is 0. The zero-order valence-electron chi connectivity index (χ0n) is 11.1. The summed E-state index contributed by atoms with van der Waals surface area (Å²) in [6.45, 7) is 0. The molecule has 0 bridgehead atoms. The molecule has 0 spiro atoms. The van der Waals surface area contributed by atoms with Gasteiger partial charge in [0.1, 0.15) is 5.75 Å². The standard InChI is InChI=1S/C16H17NOS/c1-17(2)14-10-12(8-9-15(14)18)11-16(19)13-6-4-3-5-7-13/h3-10,18H,11H2,1-2H3. The Kier molecular flexibility index (Phi) is 4.17. The number of hydrogen-bond acceptors (Lipinski definition) is 3. The summed E-state index contributed by atoms with van der Waals surface area (Å²) in [5.41, 5.74) is 3.00. The van der Waals surface area contributed by atoms with Gasteiger partial charge in [0.2, 0.25) is 0 Å². The second kappa shape index (κ2) is 5.85. The first-order valence-electron chi connectivity index (χ1n) is 6.15. The number of thiocarbonyl (C=S) groups is 1. The Morgan fingerprint density at radius 1 is 1.11 bits per heavy atom. The number of nitrogens with zero attached hydrogens (tertiary/aromatic N) is 1. The lowest BCUT2D eigenvalue weighted by molar-refractivity contribution is 0.475. The molecule has 0 radical (unpaired) electrons. The first-order chi connectivity index (χ1) is 9.08. The fraction of sp³-hybridized carbons (Fsp3) is 0.188. The van der Waals surface area contributed by atoms with E-state index in [2.05, 4.69) is 0 Å². The Labute approximate surface area is 119 Å². The number of hydrogen-bond donors (Lipinski definition) is 1. The maximum absolute atomic E-state index is 9.78. The Hall–Kier alpha value is -1.87. The average molecular weight is 271 g/mol. The zero-order chi connectivity index (χ0) is 13.8. The predicted octanol–water partition coefficient (Wildman–Crippen LogP) is 3.42. The Bertz CT molecular complexity index is 579. The monoisotopic (exact) mass is 271 g/mol. The van der Waals surface area contributed by atoms with Crippen molar-refractivity contribution in [3.8, 4) is 5.75 Å². The molecule has 0 aromatic heterocycles. The first-order valence-corrected chi connectivity index (χ1v) is 6.56. The van der Waals surface area contributed by atoms with Crippen molar-refractivity contribution in [2.24, 2.45) is 0 Å². The van der Waals surface area contributed by atoms with Gasteiger partial charge in [-0.25, -0.2) is 0 Å². The number of rotatable bonds is 4. The van der Waals surface area contributed by atoms with E-state index in [4.69, 9.17) is 12.2 Å². The van der Waals surface area contributed by atoms with Crippen molar-refractivity contribution in [2.45, 2.75) is 6.42 Å². The number of benzene rings is 2. The van der Waals surface area contributed by atoms with Crippen LogP contribution < -0.4 is 4.90 Å². The maximum atomic E-state index is 9.78. The lowest BCUT2D eigenvalue weighted by Crippen LogP contribution is -2.10. The molecule has 0 aliphatic carbocycles. The third kappa shape index (κ3) is 3.32. The third-order valence-electron chi connectivity index (χ3n) is 2.98. The van der Waals surface area contributed by atoms with Crippen molar-refractivity contribution in [1.29, 1.82) is 0 Å². The van der Waals surface area contributed by atoms with Gasteiger partial charge in [0, 0.05) is 25.4 Å². The zero-order valence-corrected chi connectivity index (χ0v) is 11.9. The van der Waals surface area contributed by atoms with Crippen molar-refractivity contribution >= 4 is 22.8 Å². The second-order valence-electron chi connectivity index (χ2n) is 4.68. The van der Waals surface area contributed by atoms with Crippen LogP contribution in [0.25, 0.3) is 0 Å². The fourth-order valence-electron chi connectivity index (χ4n) is 1.95. The fourth-order valence-corrected chi connectivity index (χ4v) is 2.25. The van der Waals surface area contributed by atoms with Crippen LogP contribution in [0.4, 0.5) is 5.69 Å². The summed E-state index contributed by atoms with van der Waals surface area (Å²) in [7, 11) is 3.82. The van der Waals surface area contributed by atoms with Gasteiger partial charge >= 0.3 is 0 Å². The first kappa shape index (κ1) is 13.6. The topological polar surface area (TPSA) is 23.5 Å². The molecule has 1 N–H and O–H groups in total. The van der Waals surface area contributed by atoms with Gasteiger partial charge in [-0.2, -0.15) is 0 Å². The van der Waals surface area contributed by atoms with Crippen LogP contribution in [0.1, 0.15) is 11.1 Å². The Morgan fingerprint density at radius 3 is 2.42 bits per heavy atom. The highest BCUT2D eigenvalue weighted by Crippen LogP contribution is 2.27. The van der Waals surface area contributed by atoms with Gasteiger partial charge < -0.3 is 10.0 Å². The number of anilines is 1. The van der Waals surface area contributed by atoms with E-state index in [-0.39, 0.29) is 0 Å². The lowest BCUT2D eigenvalue weighted by atomic mass is 10.0. The van der Waals surface area contributed by atoms with Gasteiger partial charge in [0.05, 0.1) is 5.69 Å². The van der Waals surface area contributed by atoms with Crippen molar-refractivity contribution in [1.82, 2.24) is 0 Å². The minimum atomic E-state index is 0.291. The molecule has 2 nitrogen and oxygen atoms in total. The second-order valence-corrected chi connectivity index (χ2v) is 5.18. The van der Waals surface area contributed by atoms with Crippen molar-refractivity contribution in [2.75, 3.05) is 19.0 Å². The molecular formula is C16H17NOS. The van der Waals surface area contributed by atoms with Crippen LogP contribution in [-0.2, 0) is 6.42 Å². The highest BCUT2D eigenvalue weighted by atomic mass is 32.1. The lowest BCUT2D eigenvalue weighted by Gasteiger charge is -2.15.